The lowest BCUT2D eigenvalue weighted by Crippen LogP contribution is -2.28. The van der Waals surface area contributed by atoms with E-state index in [0.717, 1.165) is 0 Å². The van der Waals surface area contributed by atoms with E-state index in [0.29, 0.717) is 0 Å². The van der Waals surface area contributed by atoms with Gasteiger partial charge in [-0.2, -0.15) is 0 Å². The highest BCUT2D eigenvalue weighted by Crippen LogP contribution is 2.32. The zero-order valence-electron chi connectivity index (χ0n) is 7.53. The van der Waals surface area contributed by atoms with Gasteiger partial charge in [-0.05, 0) is 12.1 Å². The molecule has 1 atom stereocenters. The van der Waals surface area contributed by atoms with Gasteiger partial charge in [-0.1, -0.05) is 40.9 Å². The summed E-state index contributed by atoms with van der Waals surface area (Å²) in [6.45, 7) is 0. The molecule has 15 heavy (non-hydrogen) atoms. The first-order chi connectivity index (χ1) is 6.91. The molecule has 1 aromatic heterocycles. The van der Waals surface area contributed by atoms with Crippen LogP contribution >= 0.6 is 34.8 Å². The minimum atomic E-state index is -1.86. The lowest BCUT2D eigenvalue weighted by Gasteiger charge is -2.17. The number of alkyl halides is 3. The molecule has 0 amide bonds. The van der Waals surface area contributed by atoms with Crippen LogP contribution < -0.4 is 0 Å². The van der Waals surface area contributed by atoms with Gasteiger partial charge in [0.2, 0.25) is 3.79 Å². The minimum absolute atomic E-state index is 0.241. The van der Waals surface area contributed by atoms with E-state index in [1.54, 1.807) is 12.1 Å². The van der Waals surface area contributed by atoms with Gasteiger partial charge in [0.15, 0.2) is 5.78 Å². The van der Waals surface area contributed by atoms with Crippen LogP contribution in [-0.4, -0.2) is 25.8 Å². The van der Waals surface area contributed by atoms with Crippen molar-refractivity contribution >= 4 is 40.6 Å². The van der Waals surface area contributed by atoms with Crippen molar-refractivity contribution in [2.45, 2.75) is 16.3 Å². The Balaban J connectivity index is 2.65. The van der Waals surface area contributed by atoms with E-state index in [4.69, 9.17) is 34.8 Å². The molecular weight excluding hydrogens is 260 g/mol. The topological polar surface area (TPSA) is 50.2 Å². The van der Waals surface area contributed by atoms with Crippen molar-refractivity contribution in [3.63, 3.8) is 0 Å². The maximum atomic E-state index is 11.5. The van der Waals surface area contributed by atoms with Gasteiger partial charge in [0.05, 0.1) is 0 Å². The Morgan fingerprint density at radius 3 is 2.60 bits per heavy atom. The molecule has 0 aliphatic carbocycles. The number of carbonyl (C=O) groups excluding carboxylic acids is 1. The smallest absolute Gasteiger partial charge is 0.216 e. The Hall–Kier alpha value is -0.350. The summed E-state index contributed by atoms with van der Waals surface area (Å²) in [7, 11) is 0. The average molecular weight is 269 g/mol. The summed E-state index contributed by atoms with van der Waals surface area (Å²) in [6, 6.07) is 4.89. The summed E-state index contributed by atoms with van der Waals surface area (Å²) in [6.07, 6.45) is -0.125. The second-order valence-electron chi connectivity index (χ2n) is 2.90. The van der Waals surface area contributed by atoms with Crippen LogP contribution in [0.5, 0.6) is 0 Å². The van der Waals surface area contributed by atoms with E-state index in [9.17, 15) is 9.90 Å². The average Bonchev–Trinajstić information content (AvgIpc) is 2.17. The van der Waals surface area contributed by atoms with E-state index >= 15 is 0 Å². The highest BCUT2D eigenvalue weighted by atomic mass is 35.6. The summed E-state index contributed by atoms with van der Waals surface area (Å²) < 4.78 is -1.86. The van der Waals surface area contributed by atoms with E-state index in [-0.39, 0.29) is 17.9 Å². The molecule has 0 aromatic carbocycles. The van der Waals surface area contributed by atoms with Gasteiger partial charge in [0, 0.05) is 12.6 Å². The fourth-order valence-corrected chi connectivity index (χ4v) is 1.16. The highest BCUT2D eigenvalue weighted by Gasteiger charge is 2.32. The van der Waals surface area contributed by atoms with Crippen molar-refractivity contribution in [3.05, 3.63) is 30.1 Å². The van der Waals surface area contributed by atoms with Crippen molar-refractivity contribution in [3.8, 4) is 0 Å². The Bertz CT molecular complexity index is 337. The molecule has 0 bridgehead atoms. The van der Waals surface area contributed by atoms with Crippen molar-refractivity contribution in [1.82, 2.24) is 4.98 Å². The number of aromatic nitrogens is 1. The molecule has 0 spiro atoms. The standard InChI is InChI=1S/C9H8Cl3NO2/c10-9(11,12)8(15)5-7(14)6-3-1-2-4-13-6/h1-4,8,15H,5H2. The van der Waals surface area contributed by atoms with Gasteiger partial charge >= 0.3 is 0 Å². The second kappa shape index (κ2) is 5.12. The number of aliphatic hydroxyl groups excluding tert-OH is 1. The SMILES string of the molecule is O=C(CC(O)C(Cl)(Cl)Cl)c1ccccn1. The van der Waals surface area contributed by atoms with E-state index < -0.39 is 9.90 Å². The third kappa shape index (κ3) is 3.95. The van der Waals surface area contributed by atoms with Crippen LogP contribution in [0.4, 0.5) is 0 Å². The first-order valence-corrected chi connectivity index (χ1v) is 5.23. The van der Waals surface area contributed by atoms with Gasteiger partial charge < -0.3 is 5.11 Å². The number of hydrogen-bond donors (Lipinski definition) is 1. The summed E-state index contributed by atoms with van der Waals surface area (Å²) in [5.41, 5.74) is 0.241. The molecule has 1 unspecified atom stereocenters. The summed E-state index contributed by atoms with van der Waals surface area (Å²) in [4.78, 5) is 15.3. The fraction of sp³-hybridized carbons (Fsp3) is 0.333. The Morgan fingerprint density at radius 2 is 2.13 bits per heavy atom. The number of Topliss-reactive ketones (excluding diaryl/α,β-unsaturated/α-hetero) is 1. The maximum absolute atomic E-state index is 11.5. The maximum Gasteiger partial charge on any atom is 0.216 e. The number of rotatable bonds is 3. The summed E-state index contributed by atoms with van der Waals surface area (Å²) in [5, 5.41) is 9.37. The van der Waals surface area contributed by atoms with Crippen LogP contribution in [0.2, 0.25) is 0 Å². The van der Waals surface area contributed by atoms with Crippen LogP contribution in [0.25, 0.3) is 0 Å². The first kappa shape index (κ1) is 12.7. The molecule has 0 saturated carbocycles. The molecule has 1 N–H and O–H groups in total. The zero-order valence-corrected chi connectivity index (χ0v) is 9.80. The number of halogens is 3. The van der Waals surface area contributed by atoms with Crippen molar-refractivity contribution < 1.29 is 9.90 Å². The lowest BCUT2D eigenvalue weighted by molar-refractivity contribution is 0.0880. The van der Waals surface area contributed by atoms with Crippen LogP contribution in [0.1, 0.15) is 16.9 Å². The predicted molar refractivity (Wildman–Crippen MR) is 59.5 cm³/mol. The molecule has 0 saturated heterocycles. The van der Waals surface area contributed by atoms with E-state index in [1.165, 1.54) is 12.3 Å². The Kier molecular flexibility index (Phi) is 4.34. The molecule has 82 valence electrons. The molecule has 1 heterocycles. The molecule has 0 aliphatic heterocycles. The van der Waals surface area contributed by atoms with Crippen molar-refractivity contribution in [2.75, 3.05) is 0 Å². The van der Waals surface area contributed by atoms with Crippen molar-refractivity contribution in [2.24, 2.45) is 0 Å². The largest absolute Gasteiger partial charge is 0.388 e. The van der Waals surface area contributed by atoms with Crippen LogP contribution in [0, 0.1) is 0 Å². The van der Waals surface area contributed by atoms with E-state index in [1.807, 2.05) is 0 Å². The summed E-state index contributed by atoms with van der Waals surface area (Å²) in [5.74, 6) is -0.366. The third-order valence-corrected chi connectivity index (χ3v) is 2.46. The molecule has 3 nitrogen and oxygen atoms in total. The summed E-state index contributed by atoms with van der Waals surface area (Å²) >= 11 is 16.3. The lowest BCUT2D eigenvalue weighted by atomic mass is 10.1. The predicted octanol–water partition coefficient (Wildman–Crippen LogP) is 2.39. The third-order valence-electron chi connectivity index (χ3n) is 1.71. The van der Waals surface area contributed by atoms with Gasteiger partial charge in [0.25, 0.3) is 0 Å². The molecular formula is C9H8Cl3NO2. The number of ketones is 1. The molecule has 6 heteroatoms. The van der Waals surface area contributed by atoms with Crippen LogP contribution in [0.15, 0.2) is 24.4 Å². The zero-order chi connectivity index (χ0) is 11.5. The Morgan fingerprint density at radius 1 is 1.47 bits per heavy atom. The molecule has 0 aliphatic rings. The monoisotopic (exact) mass is 267 g/mol. The number of aliphatic hydroxyl groups is 1. The molecule has 1 aromatic rings. The molecule has 0 radical (unpaired) electrons. The number of hydrogen-bond acceptors (Lipinski definition) is 3. The number of nitrogens with zero attached hydrogens (tertiary/aromatic N) is 1. The van der Waals surface area contributed by atoms with Crippen LogP contribution in [-0.2, 0) is 0 Å². The Labute approximate surface area is 102 Å². The van der Waals surface area contributed by atoms with Crippen molar-refractivity contribution in [1.29, 1.82) is 0 Å². The first-order valence-electron chi connectivity index (χ1n) is 4.10. The van der Waals surface area contributed by atoms with Gasteiger partial charge in [-0.15, -0.1) is 0 Å². The van der Waals surface area contributed by atoms with Gasteiger partial charge in [-0.25, -0.2) is 0 Å². The quantitative estimate of drug-likeness (QED) is 0.676. The van der Waals surface area contributed by atoms with Gasteiger partial charge in [-0.3, -0.25) is 9.78 Å². The number of carbonyl (C=O) groups is 1. The highest BCUT2D eigenvalue weighted by molar-refractivity contribution is 6.68. The minimum Gasteiger partial charge on any atom is -0.388 e. The van der Waals surface area contributed by atoms with E-state index in [2.05, 4.69) is 4.98 Å². The van der Waals surface area contributed by atoms with Gasteiger partial charge in [0.1, 0.15) is 11.8 Å². The molecule has 1 rings (SSSR count). The number of pyridine rings is 1. The second-order valence-corrected chi connectivity index (χ2v) is 5.27. The normalized spacial score (nSPS) is 13.6. The van der Waals surface area contributed by atoms with Crippen LogP contribution in [0.3, 0.4) is 0 Å². The molecule has 0 fully saturated rings. The fourth-order valence-electron chi connectivity index (χ4n) is 0.924.